The van der Waals surface area contributed by atoms with E-state index in [4.69, 9.17) is 0 Å². The molecule has 1 atom stereocenters. The van der Waals surface area contributed by atoms with Crippen molar-refractivity contribution < 1.29 is 10.2 Å². The van der Waals surface area contributed by atoms with E-state index in [0.29, 0.717) is 0 Å². The summed E-state index contributed by atoms with van der Waals surface area (Å²) in [5.41, 5.74) is -0.689. The second-order valence-electron chi connectivity index (χ2n) is 6.56. The molecule has 0 aromatic heterocycles. The van der Waals surface area contributed by atoms with Crippen LogP contribution in [-0.2, 0) is 0 Å². The standard InChI is InChI=1S/C15H31O.C3H7O.2H3N/c1-6-10-14(5,16)15(11-7-2,12-8-3)13-9-4;1-3(2)4;;/h6-13H2,1-5H3;3H,1-2H3;2*1H3/q2*-1;;/p+2. The molecule has 4 heteroatoms. The second kappa shape index (κ2) is 15.7. The van der Waals surface area contributed by atoms with Gasteiger partial charge in [-0.2, -0.15) is 0 Å². The van der Waals surface area contributed by atoms with Gasteiger partial charge in [0.15, 0.2) is 0 Å². The summed E-state index contributed by atoms with van der Waals surface area (Å²) in [6.07, 6.45) is 8.16. The van der Waals surface area contributed by atoms with Gasteiger partial charge in [0.05, 0.1) is 0 Å². The van der Waals surface area contributed by atoms with E-state index in [1.54, 1.807) is 13.8 Å². The molecule has 0 aliphatic rings. The van der Waals surface area contributed by atoms with Crippen molar-refractivity contribution >= 4 is 0 Å². The van der Waals surface area contributed by atoms with Crippen LogP contribution in [0.2, 0.25) is 0 Å². The van der Waals surface area contributed by atoms with Crippen molar-refractivity contribution in [3.05, 3.63) is 0 Å². The molecule has 8 N–H and O–H groups in total. The summed E-state index contributed by atoms with van der Waals surface area (Å²) in [7, 11) is 0. The zero-order valence-corrected chi connectivity index (χ0v) is 17.1. The highest BCUT2D eigenvalue weighted by Crippen LogP contribution is 2.45. The fraction of sp³-hybridized carbons (Fsp3) is 1.00. The largest absolute Gasteiger partial charge is 0.852 e. The first-order chi connectivity index (χ1) is 9.22. The van der Waals surface area contributed by atoms with Crippen LogP contribution in [-0.4, -0.2) is 11.7 Å². The lowest BCUT2D eigenvalue weighted by Crippen LogP contribution is -2.55. The summed E-state index contributed by atoms with van der Waals surface area (Å²) in [5.74, 6) is 0. The fourth-order valence-electron chi connectivity index (χ4n) is 3.35. The van der Waals surface area contributed by atoms with Crippen LogP contribution in [0.3, 0.4) is 0 Å². The van der Waals surface area contributed by atoms with Crippen LogP contribution >= 0.6 is 0 Å². The van der Waals surface area contributed by atoms with Gasteiger partial charge in [-0.1, -0.05) is 80.6 Å². The molecule has 0 bridgehead atoms. The molecule has 0 saturated heterocycles. The highest BCUT2D eigenvalue weighted by Gasteiger charge is 2.36. The molecule has 0 heterocycles. The SMILES string of the molecule is CC(C)[O-].CCCC(C)([O-])C(CCC)(CCC)CCC.[NH4+].[NH4+]. The monoisotopic (exact) mass is 322 g/mol. The third-order valence-corrected chi connectivity index (χ3v) is 4.03. The topological polar surface area (TPSA) is 119 Å². The molecule has 140 valence electrons. The summed E-state index contributed by atoms with van der Waals surface area (Å²) in [6, 6.07) is 0. The van der Waals surface area contributed by atoms with Crippen LogP contribution in [0, 0.1) is 5.41 Å². The van der Waals surface area contributed by atoms with Crippen LogP contribution in [0.25, 0.3) is 0 Å². The minimum atomic E-state index is -0.732. The molecule has 0 aromatic carbocycles. The van der Waals surface area contributed by atoms with Crippen LogP contribution < -0.4 is 22.5 Å². The van der Waals surface area contributed by atoms with Gasteiger partial charge < -0.3 is 22.5 Å². The Morgan fingerprint density at radius 3 is 1.14 bits per heavy atom. The molecule has 0 aromatic rings. The van der Waals surface area contributed by atoms with E-state index in [9.17, 15) is 10.2 Å². The lowest BCUT2D eigenvalue weighted by molar-refractivity contribution is -0.506. The molecule has 0 rings (SSSR count). The average Bonchev–Trinajstić information content (AvgIpc) is 2.28. The van der Waals surface area contributed by atoms with E-state index in [1.807, 2.05) is 6.92 Å². The van der Waals surface area contributed by atoms with E-state index >= 15 is 0 Å². The normalized spacial score (nSPS) is 13.4. The maximum Gasteiger partial charge on any atom is -0.0397 e. The van der Waals surface area contributed by atoms with Gasteiger partial charge >= 0.3 is 0 Å². The summed E-state index contributed by atoms with van der Waals surface area (Å²) in [6.45, 7) is 13.9. The first-order valence-electron chi connectivity index (χ1n) is 8.59. The molecular weight excluding hydrogens is 276 g/mol. The molecule has 0 fully saturated rings. The number of hydrogen-bond donors (Lipinski definition) is 2. The first kappa shape index (κ1) is 29.8. The third-order valence-electron chi connectivity index (χ3n) is 4.03. The van der Waals surface area contributed by atoms with Crippen molar-refractivity contribution in [2.45, 2.75) is 112 Å². The van der Waals surface area contributed by atoms with Crippen molar-refractivity contribution in [3.8, 4) is 0 Å². The van der Waals surface area contributed by atoms with E-state index in [2.05, 4.69) is 27.7 Å². The second-order valence-corrected chi connectivity index (χ2v) is 6.56. The van der Waals surface area contributed by atoms with E-state index in [0.717, 1.165) is 51.4 Å². The molecule has 4 nitrogen and oxygen atoms in total. The van der Waals surface area contributed by atoms with Gasteiger partial charge in [0.1, 0.15) is 0 Å². The Labute approximate surface area is 140 Å². The Balaban J connectivity index is -0.000000240. The molecule has 0 spiro atoms. The highest BCUT2D eigenvalue weighted by molar-refractivity contribution is 4.94. The predicted octanol–water partition coefficient (Wildman–Crippen LogP) is 4.80. The fourth-order valence-corrected chi connectivity index (χ4v) is 3.35. The van der Waals surface area contributed by atoms with Gasteiger partial charge in [-0.3, -0.25) is 0 Å². The predicted molar refractivity (Wildman–Crippen MR) is 97.6 cm³/mol. The number of hydrogen-bond acceptors (Lipinski definition) is 2. The van der Waals surface area contributed by atoms with Gasteiger partial charge in [-0.25, -0.2) is 0 Å². The highest BCUT2D eigenvalue weighted by atomic mass is 16.3. The van der Waals surface area contributed by atoms with E-state index in [1.165, 1.54) is 0 Å². The molecule has 22 heavy (non-hydrogen) atoms. The van der Waals surface area contributed by atoms with Crippen LogP contribution in [0.5, 0.6) is 0 Å². The minimum Gasteiger partial charge on any atom is -0.852 e. The van der Waals surface area contributed by atoms with Crippen molar-refractivity contribution in [2.75, 3.05) is 0 Å². The molecular formula is C18H46N2O2. The van der Waals surface area contributed by atoms with Gasteiger partial charge in [-0.05, 0) is 24.7 Å². The maximum atomic E-state index is 12.9. The zero-order valence-electron chi connectivity index (χ0n) is 17.1. The van der Waals surface area contributed by atoms with Crippen molar-refractivity contribution in [1.82, 2.24) is 12.3 Å². The Hall–Kier alpha value is -0.160. The van der Waals surface area contributed by atoms with E-state index < -0.39 is 11.7 Å². The quantitative estimate of drug-likeness (QED) is 0.633. The van der Waals surface area contributed by atoms with E-state index in [-0.39, 0.29) is 17.7 Å². The van der Waals surface area contributed by atoms with Gasteiger partial charge in [0.2, 0.25) is 0 Å². The van der Waals surface area contributed by atoms with Gasteiger partial charge in [0, 0.05) is 0 Å². The Morgan fingerprint density at radius 1 is 0.727 bits per heavy atom. The maximum absolute atomic E-state index is 12.9. The van der Waals surface area contributed by atoms with Crippen LogP contribution in [0.15, 0.2) is 0 Å². The Morgan fingerprint density at radius 2 is 0.955 bits per heavy atom. The van der Waals surface area contributed by atoms with Gasteiger partial charge in [0.25, 0.3) is 0 Å². The first-order valence-corrected chi connectivity index (χ1v) is 8.59. The van der Waals surface area contributed by atoms with Crippen LogP contribution in [0.4, 0.5) is 0 Å². The summed E-state index contributed by atoms with van der Waals surface area (Å²) >= 11 is 0. The van der Waals surface area contributed by atoms with Gasteiger partial charge in [-0.15, -0.1) is 11.7 Å². The average molecular weight is 323 g/mol. The summed E-state index contributed by atoms with van der Waals surface area (Å²) in [5, 5.41) is 22.4. The lowest BCUT2D eigenvalue weighted by atomic mass is 9.63. The summed E-state index contributed by atoms with van der Waals surface area (Å²) < 4.78 is 0. The Bertz CT molecular complexity index is 199. The smallest absolute Gasteiger partial charge is 0.0397 e. The van der Waals surface area contributed by atoms with Crippen molar-refractivity contribution in [2.24, 2.45) is 5.41 Å². The number of rotatable bonds is 9. The lowest BCUT2D eigenvalue weighted by Gasteiger charge is -2.56. The summed E-state index contributed by atoms with van der Waals surface area (Å²) in [4.78, 5) is 0. The molecule has 0 radical (unpaired) electrons. The molecule has 1 unspecified atom stereocenters. The number of quaternary nitrogens is 2. The molecule has 0 saturated carbocycles. The minimum absolute atomic E-state index is 0. The molecule has 0 aliphatic heterocycles. The third kappa shape index (κ3) is 11.4. The molecule has 0 amide bonds. The van der Waals surface area contributed by atoms with Crippen molar-refractivity contribution in [1.29, 1.82) is 0 Å². The molecule has 0 aliphatic carbocycles. The van der Waals surface area contributed by atoms with Crippen molar-refractivity contribution in [3.63, 3.8) is 0 Å². The zero-order chi connectivity index (χ0) is 16.2. The Kier molecular flexibility index (Phi) is 21.3. The van der Waals surface area contributed by atoms with Crippen LogP contribution in [0.1, 0.15) is 99.8 Å².